The summed E-state index contributed by atoms with van der Waals surface area (Å²) in [4.78, 5) is 43.4. The number of hydrogen-bond acceptors (Lipinski definition) is 5. The molecular formula is C20H20FN5O3. The second-order valence-corrected chi connectivity index (χ2v) is 6.95. The van der Waals surface area contributed by atoms with E-state index in [9.17, 15) is 18.8 Å². The Balaban J connectivity index is 1.75. The van der Waals surface area contributed by atoms with E-state index in [1.165, 1.54) is 17.7 Å². The molecule has 0 aliphatic carbocycles. The zero-order valence-electron chi connectivity index (χ0n) is 15.9. The molecule has 1 saturated heterocycles. The van der Waals surface area contributed by atoms with Crippen LogP contribution in [-0.2, 0) is 13.6 Å². The van der Waals surface area contributed by atoms with Crippen LogP contribution in [0, 0.1) is 5.82 Å². The Hall–Kier alpha value is -3.33. The monoisotopic (exact) mass is 397 g/mol. The highest BCUT2D eigenvalue weighted by atomic mass is 19.1. The Morgan fingerprint density at radius 1 is 1.21 bits per heavy atom. The van der Waals surface area contributed by atoms with Gasteiger partial charge in [-0.15, -0.1) is 0 Å². The van der Waals surface area contributed by atoms with Gasteiger partial charge in [-0.3, -0.25) is 23.7 Å². The minimum atomic E-state index is -0.699. The van der Waals surface area contributed by atoms with Crippen LogP contribution < -0.4 is 16.6 Å². The molecule has 0 saturated carbocycles. The normalized spacial score (nSPS) is 14.3. The quantitative estimate of drug-likeness (QED) is 0.688. The Morgan fingerprint density at radius 2 is 1.93 bits per heavy atom. The molecule has 8 nitrogen and oxygen atoms in total. The molecule has 3 heterocycles. The van der Waals surface area contributed by atoms with Gasteiger partial charge in [-0.05, 0) is 18.2 Å². The summed E-state index contributed by atoms with van der Waals surface area (Å²) in [7, 11) is 1.41. The maximum atomic E-state index is 14.3. The Morgan fingerprint density at radius 3 is 2.69 bits per heavy atom. The highest BCUT2D eigenvalue weighted by Gasteiger charge is 2.22. The van der Waals surface area contributed by atoms with Crippen molar-refractivity contribution in [2.75, 3.05) is 26.2 Å². The molecule has 1 N–H and O–H groups in total. The van der Waals surface area contributed by atoms with E-state index in [0.29, 0.717) is 42.8 Å². The third kappa shape index (κ3) is 3.44. The minimum Gasteiger partial charge on any atom is -0.336 e. The standard InChI is InChI=1S/C20H20FN5O3/c1-24-18(27)14-4-2-3-5-17(14)26(20(24)29)12-13-10-15(16(21)11-23-13)19(28)25-8-6-22-7-9-25/h2-5,10-11,22H,6-9,12H2,1H3. The molecule has 1 fully saturated rings. The van der Waals surface area contributed by atoms with E-state index in [4.69, 9.17) is 0 Å². The van der Waals surface area contributed by atoms with Gasteiger partial charge in [0.05, 0.1) is 34.9 Å². The van der Waals surface area contributed by atoms with E-state index in [0.717, 1.165) is 10.8 Å². The van der Waals surface area contributed by atoms with Gasteiger partial charge in [0.1, 0.15) is 0 Å². The van der Waals surface area contributed by atoms with Crippen LogP contribution in [0.5, 0.6) is 0 Å². The summed E-state index contributed by atoms with van der Waals surface area (Å²) in [5, 5.41) is 3.54. The molecule has 2 aromatic heterocycles. The zero-order valence-corrected chi connectivity index (χ0v) is 15.9. The SMILES string of the molecule is Cn1c(=O)c2ccccc2n(Cc2cc(C(=O)N3CCNCC3)c(F)cn2)c1=O. The molecule has 0 spiro atoms. The van der Waals surface area contributed by atoms with Crippen LogP contribution in [0.3, 0.4) is 0 Å². The van der Waals surface area contributed by atoms with Crippen molar-refractivity contribution in [1.82, 2.24) is 24.3 Å². The summed E-state index contributed by atoms with van der Waals surface area (Å²) in [6.07, 6.45) is 1.000. The summed E-state index contributed by atoms with van der Waals surface area (Å²) in [6.45, 7) is 2.33. The van der Waals surface area contributed by atoms with Gasteiger partial charge in [0, 0.05) is 33.2 Å². The van der Waals surface area contributed by atoms with Crippen molar-refractivity contribution in [2.24, 2.45) is 7.05 Å². The van der Waals surface area contributed by atoms with Crippen LogP contribution >= 0.6 is 0 Å². The van der Waals surface area contributed by atoms with Crippen molar-refractivity contribution in [3.05, 3.63) is 74.4 Å². The molecule has 0 unspecified atom stereocenters. The van der Waals surface area contributed by atoms with E-state index in [1.54, 1.807) is 29.2 Å². The van der Waals surface area contributed by atoms with Gasteiger partial charge in [-0.25, -0.2) is 9.18 Å². The predicted molar refractivity (Wildman–Crippen MR) is 106 cm³/mol. The number of aromatic nitrogens is 3. The molecular weight excluding hydrogens is 377 g/mol. The van der Waals surface area contributed by atoms with Gasteiger partial charge in [-0.1, -0.05) is 12.1 Å². The summed E-state index contributed by atoms with van der Waals surface area (Å²) in [5.41, 5.74) is -0.144. The number of fused-ring (bicyclic) bond motifs is 1. The predicted octanol–water partition coefficient (Wildman–Crippen LogP) is 0.328. The summed E-state index contributed by atoms with van der Waals surface area (Å²) in [6, 6.07) is 8.15. The smallest absolute Gasteiger partial charge is 0.331 e. The number of para-hydroxylation sites is 1. The lowest BCUT2D eigenvalue weighted by Crippen LogP contribution is -2.46. The lowest BCUT2D eigenvalue weighted by molar-refractivity contribution is 0.0730. The molecule has 1 amide bonds. The van der Waals surface area contributed by atoms with Gasteiger partial charge in [0.2, 0.25) is 0 Å². The van der Waals surface area contributed by atoms with Crippen molar-refractivity contribution in [3.63, 3.8) is 0 Å². The molecule has 3 aromatic rings. The maximum Gasteiger partial charge on any atom is 0.331 e. The first kappa shape index (κ1) is 19.0. The van der Waals surface area contributed by atoms with E-state index in [2.05, 4.69) is 10.3 Å². The fourth-order valence-electron chi connectivity index (χ4n) is 3.53. The third-order valence-electron chi connectivity index (χ3n) is 5.11. The lowest BCUT2D eigenvalue weighted by Gasteiger charge is -2.27. The number of benzene rings is 1. The molecule has 0 bridgehead atoms. The van der Waals surface area contributed by atoms with Gasteiger partial charge >= 0.3 is 5.69 Å². The first-order valence-electron chi connectivity index (χ1n) is 9.30. The third-order valence-corrected chi connectivity index (χ3v) is 5.11. The summed E-state index contributed by atoms with van der Waals surface area (Å²) >= 11 is 0. The number of piperazine rings is 1. The highest BCUT2D eigenvalue weighted by Crippen LogP contribution is 2.14. The molecule has 1 aliphatic rings. The molecule has 0 atom stereocenters. The topological polar surface area (TPSA) is 89.2 Å². The second-order valence-electron chi connectivity index (χ2n) is 6.95. The van der Waals surface area contributed by atoms with Gasteiger partial charge in [0.15, 0.2) is 5.82 Å². The van der Waals surface area contributed by atoms with Gasteiger partial charge in [0.25, 0.3) is 11.5 Å². The average Bonchev–Trinajstić information content (AvgIpc) is 2.76. The Bertz CT molecular complexity index is 1210. The number of hydrogen-bond donors (Lipinski definition) is 1. The molecule has 29 heavy (non-hydrogen) atoms. The number of halogens is 1. The van der Waals surface area contributed by atoms with E-state index in [1.807, 2.05) is 0 Å². The fraction of sp³-hybridized carbons (Fsp3) is 0.300. The molecule has 9 heteroatoms. The van der Waals surface area contributed by atoms with Gasteiger partial charge < -0.3 is 10.2 Å². The van der Waals surface area contributed by atoms with Crippen molar-refractivity contribution >= 4 is 16.8 Å². The lowest BCUT2D eigenvalue weighted by atomic mass is 10.1. The second kappa shape index (κ2) is 7.59. The minimum absolute atomic E-state index is 0.00951. The fourth-order valence-corrected chi connectivity index (χ4v) is 3.53. The van der Waals surface area contributed by atoms with Crippen LogP contribution in [0.2, 0.25) is 0 Å². The van der Waals surface area contributed by atoms with E-state index in [-0.39, 0.29) is 17.7 Å². The number of nitrogens with one attached hydrogen (secondary N) is 1. The van der Waals surface area contributed by atoms with Gasteiger partial charge in [-0.2, -0.15) is 0 Å². The summed E-state index contributed by atoms with van der Waals surface area (Å²) in [5.74, 6) is -1.10. The van der Waals surface area contributed by atoms with Crippen molar-refractivity contribution in [1.29, 1.82) is 0 Å². The summed E-state index contributed by atoms with van der Waals surface area (Å²) < 4.78 is 16.7. The van der Waals surface area contributed by atoms with E-state index >= 15 is 0 Å². The van der Waals surface area contributed by atoms with Crippen LogP contribution in [0.25, 0.3) is 10.9 Å². The first-order chi connectivity index (χ1) is 14.0. The number of carbonyl (C=O) groups excluding carboxylic acids is 1. The number of nitrogens with zero attached hydrogens (tertiary/aromatic N) is 4. The molecule has 1 aliphatic heterocycles. The van der Waals surface area contributed by atoms with Crippen LogP contribution in [0.15, 0.2) is 46.1 Å². The number of rotatable bonds is 3. The Labute approximate surface area is 165 Å². The first-order valence-corrected chi connectivity index (χ1v) is 9.30. The van der Waals surface area contributed by atoms with Crippen molar-refractivity contribution in [2.45, 2.75) is 6.54 Å². The number of carbonyl (C=O) groups is 1. The zero-order chi connectivity index (χ0) is 20.5. The molecule has 1 aromatic carbocycles. The maximum absolute atomic E-state index is 14.3. The number of amides is 1. The number of pyridine rings is 1. The van der Waals surface area contributed by atoms with Crippen LogP contribution in [-0.4, -0.2) is 51.1 Å². The molecule has 4 rings (SSSR count). The highest BCUT2D eigenvalue weighted by molar-refractivity contribution is 5.94. The van der Waals surface area contributed by atoms with Crippen molar-refractivity contribution < 1.29 is 9.18 Å². The average molecular weight is 397 g/mol. The molecule has 150 valence electrons. The van der Waals surface area contributed by atoms with E-state index < -0.39 is 17.4 Å². The Kier molecular flexibility index (Phi) is 4.98. The van der Waals surface area contributed by atoms with Crippen LogP contribution in [0.4, 0.5) is 4.39 Å². The largest absolute Gasteiger partial charge is 0.336 e. The molecule has 0 radical (unpaired) electrons. The van der Waals surface area contributed by atoms with Crippen LogP contribution in [0.1, 0.15) is 16.1 Å². The van der Waals surface area contributed by atoms with Crippen molar-refractivity contribution in [3.8, 4) is 0 Å².